The van der Waals surface area contributed by atoms with Crippen molar-refractivity contribution in [2.24, 2.45) is 0 Å². The quantitative estimate of drug-likeness (QED) is 0.130. The summed E-state index contributed by atoms with van der Waals surface area (Å²) < 4.78 is 6.01. The van der Waals surface area contributed by atoms with Gasteiger partial charge in [0.05, 0.1) is 18.0 Å². The number of ether oxygens (including phenoxy) is 1. The third-order valence-corrected chi connectivity index (χ3v) is 7.65. The number of benzene rings is 4. The summed E-state index contributed by atoms with van der Waals surface area (Å²) >= 11 is 4.81. The van der Waals surface area contributed by atoms with Crippen LogP contribution in [0.15, 0.2) is 118 Å². The highest BCUT2D eigenvalue weighted by Gasteiger charge is 2.18. The van der Waals surface area contributed by atoms with E-state index in [1.54, 1.807) is 79.9 Å². The second kappa shape index (κ2) is 14.3. The third kappa shape index (κ3) is 8.57. The van der Waals surface area contributed by atoms with Crippen LogP contribution in [0.1, 0.15) is 22.8 Å². The summed E-state index contributed by atoms with van der Waals surface area (Å²) in [6.45, 7) is 1.82. The van der Waals surface area contributed by atoms with Crippen molar-refractivity contribution in [2.45, 2.75) is 17.1 Å². The van der Waals surface area contributed by atoms with Gasteiger partial charge in [-0.05, 0) is 89.1 Å². The maximum Gasteiger partial charge on any atom is 0.272 e. The van der Waals surface area contributed by atoms with Crippen molar-refractivity contribution in [1.29, 1.82) is 0 Å². The molecule has 208 valence electrons. The summed E-state index contributed by atoms with van der Waals surface area (Å²) in [5.41, 5.74) is 2.42. The zero-order chi connectivity index (χ0) is 29.2. The summed E-state index contributed by atoms with van der Waals surface area (Å²) in [4.78, 5) is 39.9. The van der Waals surface area contributed by atoms with Gasteiger partial charge in [0.15, 0.2) is 0 Å². The van der Waals surface area contributed by atoms with Crippen LogP contribution in [0.4, 0.5) is 11.4 Å². The Morgan fingerprint density at radius 3 is 2.27 bits per heavy atom. The number of para-hydroxylation sites is 1. The molecule has 41 heavy (non-hydrogen) atoms. The molecule has 4 rings (SSSR count). The van der Waals surface area contributed by atoms with Gasteiger partial charge >= 0.3 is 0 Å². The van der Waals surface area contributed by atoms with E-state index in [1.165, 1.54) is 11.8 Å². The van der Waals surface area contributed by atoms with Crippen LogP contribution >= 0.6 is 27.7 Å². The van der Waals surface area contributed by atoms with Gasteiger partial charge in [0.2, 0.25) is 5.91 Å². The van der Waals surface area contributed by atoms with Crippen LogP contribution in [-0.2, 0) is 9.59 Å². The van der Waals surface area contributed by atoms with Gasteiger partial charge in [0.25, 0.3) is 11.8 Å². The van der Waals surface area contributed by atoms with Gasteiger partial charge < -0.3 is 20.7 Å². The molecule has 3 N–H and O–H groups in total. The van der Waals surface area contributed by atoms with Crippen molar-refractivity contribution >= 4 is 62.9 Å². The Bertz CT molecular complexity index is 1560. The summed E-state index contributed by atoms with van der Waals surface area (Å²) in [6, 6.07) is 30.4. The molecule has 4 aromatic rings. The minimum absolute atomic E-state index is 0.0725. The fourth-order valence-corrected chi connectivity index (χ4v) is 5.02. The minimum atomic E-state index is -0.494. The predicted molar refractivity (Wildman–Crippen MR) is 168 cm³/mol. The Balaban J connectivity index is 1.49. The van der Waals surface area contributed by atoms with Crippen LogP contribution in [0, 0.1) is 0 Å². The standard InChI is InChI=1S/C32H28BrN3O4S/c1-21(30(37)35-28-14-7-6-13-27(28)33)41-26-12-8-11-24(20-26)34-32(39)29(19-22-15-17-25(40-2)18-16-22)36-31(38)23-9-4-3-5-10-23/h3-21H,1-2H3,(H,34,39)(H,35,37)(H,36,38)/b29-19+. The van der Waals surface area contributed by atoms with E-state index >= 15 is 0 Å². The second-order valence-corrected chi connectivity index (χ2v) is 11.1. The molecule has 0 bridgehead atoms. The van der Waals surface area contributed by atoms with Gasteiger partial charge in [-0.3, -0.25) is 14.4 Å². The average molecular weight is 631 g/mol. The first kappa shape index (κ1) is 29.6. The van der Waals surface area contributed by atoms with Crippen molar-refractivity contribution < 1.29 is 19.1 Å². The number of rotatable bonds is 10. The first-order valence-corrected chi connectivity index (χ1v) is 14.4. The Morgan fingerprint density at radius 2 is 1.56 bits per heavy atom. The molecule has 1 atom stereocenters. The number of hydrogen-bond donors (Lipinski definition) is 3. The van der Waals surface area contributed by atoms with Crippen molar-refractivity contribution in [1.82, 2.24) is 5.32 Å². The summed E-state index contributed by atoms with van der Waals surface area (Å²) in [5, 5.41) is 8.12. The summed E-state index contributed by atoms with van der Waals surface area (Å²) in [7, 11) is 1.58. The highest BCUT2D eigenvalue weighted by Crippen LogP contribution is 2.28. The van der Waals surface area contributed by atoms with E-state index in [0.29, 0.717) is 28.3 Å². The normalized spacial score (nSPS) is 11.7. The maximum absolute atomic E-state index is 13.4. The molecule has 9 heteroatoms. The minimum Gasteiger partial charge on any atom is -0.497 e. The number of anilines is 2. The molecule has 0 spiro atoms. The van der Waals surface area contributed by atoms with E-state index in [9.17, 15) is 14.4 Å². The van der Waals surface area contributed by atoms with Crippen LogP contribution in [-0.4, -0.2) is 30.1 Å². The number of carbonyl (C=O) groups is 3. The molecule has 0 aromatic heterocycles. The van der Waals surface area contributed by atoms with E-state index in [1.807, 2.05) is 43.3 Å². The van der Waals surface area contributed by atoms with Crippen LogP contribution in [0.25, 0.3) is 6.08 Å². The molecular formula is C32H28BrN3O4S. The molecule has 1 unspecified atom stereocenters. The topological polar surface area (TPSA) is 96.5 Å². The number of nitrogens with one attached hydrogen (secondary N) is 3. The average Bonchev–Trinajstić information content (AvgIpc) is 2.99. The lowest BCUT2D eigenvalue weighted by molar-refractivity contribution is -0.115. The molecule has 4 aromatic carbocycles. The van der Waals surface area contributed by atoms with Crippen molar-refractivity contribution in [2.75, 3.05) is 17.7 Å². The Kier molecular flexibility index (Phi) is 10.4. The van der Waals surface area contributed by atoms with Gasteiger partial charge in [0.1, 0.15) is 11.4 Å². The lowest BCUT2D eigenvalue weighted by Crippen LogP contribution is -2.30. The Morgan fingerprint density at radius 1 is 0.854 bits per heavy atom. The molecule has 0 radical (unpaired) electrons. The van der Waals surface area contributed by atoms with E-state index < -0.39 is 17.1 Å². The molecular weight excluding hydrogens is 602 g/mol. The van der Waals surface area contributed by atoms with Crippen molar-refractivity contribution in [3.8, 4) is 5.75 Å². The SMILES string of the molecule is COc1ccc(/C=C(/NC(=O)c2ccccc2)C(=O)Nc2cccc(SC(C)C(=O)Nc3ccccc3Br)c2)cc1. The smallest absolute Gasteiger partial charge is 0.272 e. The number of carbonyl (C=O) groups excluding carboxylic acids is 3. The van der Waals surface area contributed by atoms with Crippen LogP contribution < -0.4 is 20.7 Å². The molecule has 0 fully saturated rings. The zero-order valence-electron chi connectivity index (χ0n) is 22.4. The third-order valence-electron chi connectivity index (χ3n) is 5.86. The van der Waals surface area contributed by atoms with Crippen LogP contribution in [0.5, 0.6) is 5.75 Å². The highest BCUT2D eigenvalue weighted by molar-refractivity contribution is 9.10. The number of amides is 3. The number of hydrogen-bond acceptors (Lipinski definition) is 5. The molecule has 0 heterocycles. The predicted octanol–water partition coefficient (Wildman–Crippen LogP) is 6.99. The van der Waals surface area contributed by atoms with E-state index in [2.05, 4.69) is 31.9 Å². The maximum atomic E-state index is 13.4. The second-order valence-electron chi connectivity index (χ2n) is 8.86. The van der Waals surface area contributed by atoms with Crippen molar-refractivity contribution in [3.63, 3.8) is 0 Å². The zero-order valence-corrected chi connectivity index (χ0v) is 24.8. The number of thioether (sulfide) groups is 1. The number of halogens is 1. The molecule has 0 aliphatic heterocycles. The number of methoxy groups -OCH3 is 1. The Hall–Kier alpha value is -4.34. The van der Waals surface area contributed by atoms with Gasteiger partial charge in [0, 0.05) is 20.6 Å². The monoisotopic (exact) mass is 629 g/mol. The van der Waals surface area contributed by atoms with Crippen LogP contribution in [0.2, 0.25) is 0 Å². The van der Waals surface area contributed by atoms with E-state index in [4.69, 9.17) is 4.74 Å². The van der Waals surface area contributed by atoms with Crippen molar-refractivity contribution in [3.05, 3.63) is 124 Å². The van der Waals surface area contributed by atoms with E-state index in [0.717, 1.165) is 9.37 Å². The molecule has 3 amide bonds. The van der Waals surface area contributed by atoms with Crippen LogP contribution in [0.3, 0.4) is 0 Å². The lowest BCUT2D eigenvalue weighted by Gasteiger charge is -2.14. The highest BCUT2D eigenvalue weighted by atomic mass is 79.9. The molecule has 7 nitrogen and oxygen atoms in total. The van der Waals surface area contributed by atoms with Gasteiger partial charge in [-0.1, -0.05) is 48.5 Å². The molecule has 0 saturated heterocycles. The first-order chi connectivity index (χ1) is 19.8. The molecule has 0 aliphatic carbocycles. The lowest BCUT2D eigenvalue weighted by atomic mass is 10.1. The van der Waals surface area contributed by atoms with Gasteiger partial charge in [-0.25, -0.2) is 0 Å². The summed E-state index contributed by atoms with van der Waals surface area (Å²) in [6.07, 6.45) is 1.60. The molecule has 0 aliphatic rings. The van der Waals surface area contributed by atoms with E-state index in [-0.39, 0.29) is 11.6 Å². The first-order valence-electron chi connectivity index (χ1n) is 12.7. The van der Waals surface area contributed by atoms with Gasteiger partial charge in [-0.2, -0.15) is 0 Å². The Labute approximate surface area is 251 Å². The fourth-order valence-electron chi connectivity index (χ4n) is 3.71. The summed E-state index contributed by atoms with van der Waals surface area (Å²) in [5.74, 6) is -0.374. The fraction of sp³-hybridized carbons (Fsp3) is 0.0938. The van der Waals surface area contributed by atoms with Gasteiger partial charge in [-0.15, -0.1) is 11.8 Å². The largest absolute Gasteiger partial charge is 0.497 e. The molecule has 0 saturated carbocycles.